The van der Waals surface area contributed by atoms with Crippen LogP contribution in [0.5, 0.6) is 17.2 Å². The van der Waals surface area contributed by atoms with E-state index in [4.69, 9.17) is 9.47 Å². The fourth-order valence-corrected chi connectivity index (χ4v) is 2.72. The smallest absolute Gasteiger partial charge is 0.387 e. The van der Waals surface area contributed by atoms with Gasteiger partial charge < -0.3 is 19.1 Å². The van der Waals surface area contributed by atoms with Gasteiger partial charge in [0.25, 0.3) is 5.91 Å². The number of likely N-dealkylation sites (N-methyl/N-ethyl adjacent to an activating group) is 1. The Morgan fingerprint density at radius 3 is 2.54 bits per heavy atom. The summed E-state index contributed by atoms with van der Waals surface area (Å²) in [6.07, 6.45) is -0.282. The zero-order chi connectivity index (χ0) is 18.5. The number of halogens is 2. The molecule has 2 aromatic rings. The molecule has 1 heterocycles. The van der Waals surface area contributed by atoms with Gasteiger partial charge in [0.1, 0.15) is 12.4 Å². The standard InChI is InChI=1S/C19H19F2NO4/c1-2-22(11-15-12-24-16-5-3-4-6-17(16)25-15)18(23)13-7-9-14(10-8-13)26-19(20)21/h3-10,15,19H,2,11-12H2,1H3. The molecule has 3 rings (SSSR count). The molecule has 0 aliphatic carbocycles. The molecule has 7 heteroatoms. The number of hydrogen-bond donors (Lipinski definition) is 0. The molecule has 138 valence electrons. The Balaban J connectivity index is 1.64. The molecule has 1 atom stereocenters. The molecule has 1 aliphatic heterocycles. The summed E-state index contributed by atoms with van der Waals surface area (Å²) in [6, 6.07) is 13.0. The van der Waals surface area contributed by atoms with Gasteiger partial charge in [0.15, 0.2) is 17.6 Å². The van der Waals surface area contributed by atoms with Gasteiger partial charge in [-0.15, -0.1) is 0 Å². The van der Waals surface area contributed by atoms with Crippen molar-refractivity contribution in [1.29, 1.82) is 0 Å². The van der Waals surface area contributed by atoms with Crippen molar-refractivity contribution in [3.8, 4) is 17.2 Å². The van der Waals surface area contributed by atoms with Crippen LogP contribution in [0, 0.1) is 0 Å². The molecule has 2 aromatic carbocycles. The third kappa shape index (κ3) is 4.22. The Kier molecular flexibility index (Phi) is 5.55. The molecule has 0 bridgehead atoms. The number of alkyl halides is 2. The van der Waals surface area contributed by atoms with E-state index in [1.54, 1.807) is 4.90 Å². The van der Waals surface area contributed by atoms with E-state index in [0.29, 0.717) is 36.8 Å². The van der Waals surface area contributed by atoms with Crippen LogP contribution in [-0.4, -0.2) is 43.2 Å². The minimum absolute atomic E-state index is 0.0141. The van der Waals surface area contributed by atoms with E-state index in [0.717, 1.165) is 0 Å². The van der Waals surface area contributed by atoms with E-state index in [9.17, 15) is 13.6 Å². The van der Waals surface area contributed by atoms with Crippen LogP contribution in [0.3, 0.4) is 0 Å². The first kappa shape index (κ1) is 18.0. The first-order valence-corrected chi connectivity index (χ1v) is 8.29. The van der Waals surface area contributed by atoms with Crippen molar-refractivity contribution in [2.24, 2.45) is 0 Å². The summed E-state index contributed by atoms with van der Waals surface area (Å²) < 4.78 is 40.3. The van der Waals surface area contributed by atoms with Gasteiger partial charge in [-0.1, -0.05) is 12.1 Å². The van der Waals surface area contributed by atoms with Crippen LogP contribution >= 0.6 is 0 Å². The third-order valence-corrected chi connectivity index (χ3v) is 3.99. The van der Waals surface area contributed by atoms with Gasteiger partial charge in [0.2, 0.25) is 0 Å². The number of fused-ring (bicyclic) bond motifs is 1. The van der Waals surface area contributed by atoms with E-state index in [-0.39, 0.29) is 17.8 Å². The number of amides is 1. The van der Waals surface area contributed by atoms with E-state index in [1.807, 2.05) is 31.2 Å². The lowest BCUT2D eigenvalue weighted by Crippen LogP contribution is -2.43. The van der Waals surface area contributed by atoms with Crippen molar-refractivity contribution < 1.29 is 27.8 Å². The molecule has 0 N–H and O–H groups in total. The van der Waals surface area contributed by atoms with Crippen molar-refractivity contribution in [2.45, 2.75) is 19.6 Å². The van der Waals surface area contributed by atoms with Gasteiger partial charge in [-0.25, -0.2) is 0 Å². The van der Waals surface area contributed by atoms with Gasteiger partial charge in [-0.3, -0.25) is 4.79 Å². The highest BCUT2D eigenvalue weighted by Gasteiger charge is 2.25. The van der Waals surface area contributed by atoms with E-state index in [1.165, 1.54) is 24.3 Å². The van der Waals surface area contributed by atoms with Gasteiger partial charge >= 0.3 is 6.61 Å². The number of carbonyl (C=O) groups is 1. The highest BCUT2D eigenvalue weighted by Crippen LogP contribution is 2.31. The summed E-state index contributed by atoms with van der Waals surface area (Å²) in [7, 11) is 0. The zero-order valence-electron chi connectivity index (χ0n) is 14.2. The van der Waals surface area contributed by atoms with Crippen LogP contribution in [0.15, 0.2) is 48.5 Å². The lowest BCUT2D eigenvalue weighted by atomic mass is 10.1. The number of ether oxygens (including phenoxy) is 3. The minimum atomic E-state index is -2.89. The Morgan fingerprint density at radius 2 is 1.88 bits per heavy atom. The van der Waals surface area contributed by atoms with Crippen LogP contribution in [0.2, 0.25) is 0 Å². The molecule has 0 saturated heterocycles. The molecule has 0 spiro atoms. The lowest BCUT2D eigenvalue weighted by molar-refractivity contribution is -0.0498. The average molecular weight is 363 g/mol. The SMILES string of the molecule is CCN(CC1COc2ccccc2O1)C(=O)c1ccc(OC(F)F)cc1. The quantitative estimate of drug-likeness (QED) is 0.787. The van der Waals surface area contributed by atoms with Gasteiger partial charge in [-0.05, 0) is 43.3 Å². The van der Waals surface area contributed by atoms with E-state index < -0.39 is 6.61 Å². The maximum atomic E-state index is 12.7. The highest BCUT2D eigenvalue weighted by molar-refractivity contribution is 5.94. The molecule has 0 radical (unpaired) electrons. The van der Waals surface area contributed by atoms with Crippen LogP contribution in [0.1, 0.15) is 17.3 Å². The Morgan fingerprint density at radius 1 is 1.19 bits per heavy atom. The first-order valence-electron chi connectivity index (χ1n) is 8.29. The Bertz CT molecular complexity index is 751. The predicted molar refractivity (Wildman–Crippen MR) is 91.0 cm³/mol. The predicted octanol–water partition coefficient (Wildman–Crippen LogP) is 3.59. The molecule has 0 saturated carbocycles. The van der Waals surface area contributed by atoms with Crippen LogP contribution in [0.25, 0.3) is 0 Å². The van der Waals surface area contributed by atoms with Gasteiger partial charge in [-0.2, -0.15) is 8.78 Å². The topological polar surface area (TPSA) is 48.0 Å². The van der Waals surface area contributed by atoms with Crippen LogP contribution in [0.4, 0.5) is 8.78 Å². The second kappa shape index (κ2) is 8.03. The van der Waals surface area contributed by atoms with Gasteiger partial charge in [0, 0.05) is 12.1 Å². The molecular weight excluding hydrogens is 344 g/mol. The summed E-state index contributed by atoms with van der Waals surface area (Å²) in [5.74, 6) is 1.15. The lowest BCUT2D eigenvalue weighted by Gasteiger charge is -2.31. The van der Waals surface area contributed by atoms with Crippen molar-refractivity contribution in [3.63, 3.8) is 0 Å². The fraction of sp³-hybridized carbons (Fsp3) is 0.316. The second-order valence-electron chi connectivity index (χ2n) is 5.74. The molecule has 1 aliphatic rings. The van der Waals surface area contributed by atoms with Crippen molar-refractivity contribution in [2.75, 3.05) is 19.7 Å². The van der Waals surface area contributed by atoms with Crippen molar-refractivity contribution >= 4 is 5.91 Å². The number of hydrogen-bond acceptors (Lipinski definition) is 4. The summed E-state index contributed by atoms with van der Waals surface area (Å²) in [5.41, 5.74) is 0.394. The number of benzene rings is 2. The largest absolute Gasteiger partial charge is 0.486 e. The van der Waals surface area contributed by atoms with Crippen molar-refractivity contribution in [1.82, 2.24) is 4.90 Å². The maximum absolute atomic E-state index is 12.7. The number of para-hydroxylation sites is 2. The molecule has 26 heavy (non-hydrogen) atoms. The van der Waals surface area contributed by atoms with Crippen molar-refractivity contribution in [3.05, 3.63) is 54.1 Å². The van der Waals surface area contributed by atoms with Crippen LogP contribution in [-0.2, 0) is 0 Å². The average Bonchev–Trinajstić information content (AvgIpc) is 2.65. The molecular formula is C19H19F2NO4. The van der Waals surface area contributed by atoms with E-state index >= 15 is 0 Å². The Hall–Kier alpha value is -2.83. The summed E-state index contributed by atoms with van der Waals surface area (Å²) >= 11 is 0. The minimum Gasteiger partial charge on any atom is -0.486 e. The molecule has 5 nitrogen and oxygen atoms in total. The van der Waals surface area contributed by atoms with E-state index in [2.05, 4.69) is 4.74 Å². The fourth-order valence-electron chi connectivity index (χ4n) is 2.72. The monoisotopic (exact) mass is 363 g/mol. The number of rotatable bonds is 6. The molecule has 1 amide bonds. The first-order chi connectivity index (χ1) is 12.6. The van der Waals surface area contributed by atoms with Crippen LogP contribution < -0.4 is 14.2 Å². The van der Waals surface area contributed by atoms with Gasteiger partial charge in [0.05, 0.1) is 6.54 Å². The zero-order valence-corrected chi connectivity index (χ0v) is 14.2. The number of nitrogens with zero attached hydrogens (tertiary/aromatic N) is 1. The number of carbonyl (C=O) groups excluding carboxylic acids is 1. The third-order valence-electron chi connectivity index (χ3n) is 3.99. The summed E-state index contributed by atoms with van der Waals surface area (Å²) in [6.45, 7) is 0.162. The highest BCUT2D eigenvalue weighted by atomic mass is 19.3. The molecule has 0 aromatic heterocycles. The summed E-state index contributed by atoms with van der Waals surface area (Å²) in [4.78, 5) is 14.3. The second-order valence-corrected chi connectivity index (χ2v) is 5.74. The molecule has 0 fully saturated rings. The Labute approximate surface area is 150 Å². The normalized spacial score (nSPS) is 15.6. The molecule has 1 unspecified atom stereocenters. The maximum Gasteiger partial charge on any atom is 0.387 e. The summed E-state index contributed by atoms with van der Waals surface area (Å²) in [5, 5.41) is 0.